The Bertz CT molecular complexity index is 1430. The van der Waals surface area contributed by atoms with Gasteiger partial charge in [0.05, 0.1) is 35.7 Å². The lowest BCUT2D eigenvalue weighted by Crippen LogP contribution is -2.31. The molecular formula is C29H27N3O6. The van der Waals surface area contributed by atoms with Crippen molar-refractivity contribution < 1.29 is 29.0 Å². The summed E-state index contributed by atoms with van der Waals surface area (Å²) in [5, 5.41) is 17.6. The highest BCUT2D eigenvalue weighted by molar-refractivity contribution is 6.32. The van der Waals surface area contributed by atoms with Crippen LogP contribution in [-0.2, 0) is 9.59 Å². The average molecular weight is 514 g/mol. The van der Waals surface area contributed by atoms with Crippen LogP contribution in [0.1, 0.15) is 41.4 Å². The molecule has 0 saturated heterocycles. The lowest BCUT2D eigenvalue weighted by atomic mass is 10.1. The summed E-state index contributed by atoms with van der Waals surface area (Å²) in [4.78, 5) is 36.8. The summed E-state index contributed by atoms with van der Waals surface area (Å²) in [6.45, 7) is 3.41. The van der Waals surface area contributed by atoms with E-state index in [0.29, 0.717) is 34.0 Å². The highest BCUT2D eigenvalue weighted by Gasteiger charge is 2.29. The van der Waals surface area contributed by atoms with Crippen LogP contribution in [-0.4, -0.2) is 42.3 Å². The van der Waals surface area contributed by atoms with Crippen LogP contribution in [0.2, 0.25) is 0 Å². The Morgan fingerprint density at radius 3 is 2.53 bits per heavy atom. The molecule has 0 fully saturated rings. The van der Waals surface area contributed by atoms with Gasteiger partial charge in [0.15, 0.2) is 18.1 Å². The maximum atomic E-state index is 13.1. The Morgan fingerprint density at radius 1 is 1.05 bits per heavy atom. The molecule has 38 heavy (non-hydrogen) atoms. The number of rotatable bonds is 9. The molecular weight excluding hydrogens is 486 g/mol. The Balaban J connectivity index is 1.45. The minimum absolute atomic E-state index is 0.0594. The van der Waals surface area contributed by atoms with Gasteiger partial charge < -0.3 is 19.9 Å². The lowest BCUT2D eigenvalue weighted by Gasteiger charge is -2.15. The quantitative estimate of drug-likeness (QED) is 0.408. The number of hydrogen-bond acceptors (Lipinski definition) is 6. The monoisotopic (exact) mass is 513 g/mol. The van der Waals surface area contributed by atoms with E-state index in [0.717, 1.165) is 5.56 Å². The molecule has 1 heterocycles. The molecule has 1 aliphatic heterocycles. The highest BCUT2D eigenvalue weighted by Crippen LogP contribution is 2.31. The second-order valence-corrected chi connectivity index (χ2v) is 8.61. The van der Waals surface area contributed by atoms with Crippen LogP contribution in [0.25, 0.3) is 6.08 Å². The minimum Gasteiger partial charge on any atom is -0.493 e. The van der Waals surface area contributed by atoms with Crippen molar-refractivity contribution in [3.63, 3.8) is 0 Å². The molecule has 3 aromatic carbocycles. The Kier molecular flexibility index (Phi) is 7.86. The maximum Gasteiger partial charge on any atom is 0.335 e. The van der Waals surface area contributed by atoms with E-state index >= 15 is 0 Å². The van der Waals surface area contributed by atoms with Gasteiger partial charge in [0.25, 0.3) is 11.8 Å². The first-order valence-corrected chi connectivity index (χ1v) is 11.9. The summed E-state index contributed by atoms with van der Waals surface area (Å²) in [6.07, 6.45) is 1.67. The number of ether oxygens (including phenoxy) is 2. The van der Waals surface area contributed by atoms with Crippen molar-refractivity contribution in [2.75, 3.05) is 18.7 Å². The van der Waals surface area contributed by atoms with Crippen LogP contribution in [0.3, 0.4) is 0 Å². The molecule has 9 heteroatoms. The van der Waals surface area contributed by atoms with Crippen molar-refractivity contribution in [1.82, 2.24) is 5.32 Å². The molecule has 1 atom stereocenters. The molecule has 0 bridgehead atoms. The number of anilines is 1. The van der Waals surface area contributed by atoms with E-state index in [1.165, 1.54) is 24.3 Å². The second kappa shape index (κ2) is 11.4. The van der Waals surface area contributed by atoms with Crippen molar-refractivity contribution in [3.05, 3.63) is 95.1 Å². The number of carbonyl (C=O) groups excluding carboxylic acids is 2. The summed E-state index contributed by atoms with van der Waals surface area (Å²) >= 11 is 0. The molecule has 3 aromatic rings. The van der Waals surface area contributed by atoms with Crippen LogP contribution in [0.4, 0.5) is 5.69 Å². The van der Waals surface area contributed by atoms with Crippen LogP contribution in [0.5, 0.6) is 11.5 Å². The summed E-state index contributed by atoms with van der Waals surface area (Å²) in [5.74, 6) is -0.965. The number of hydrazone groups is 1. The number of methoxy groups -OCH3 is 1. The summed E-state index contributed by atoms with van der Waals surface area (Å²) in [5.41, 5.74) is 2.91. The number of nitrogens with one attached hydrogen (secondary N) is 1. The lowest BCUT2D eigenvalue weighted by molar-refractivity contribution is -0.123. The van der Waals surface area contributed by atoms with Gasteiger partial charge in [0.1, 0.15) is 0 Å². The second-order valence-electron chi connectivity index (χ2n) is 8.61. The third-order valence-corrected chi connectivity index (χ3v) is 5.93. The van der Waals surface area contributed by atoms with E-state index in [-0.39, 0.29) is 30.0 Å². The summed E-state index contributed by atoms with van der Waals surface area (Å²) < 4.78 is 11.1. The van der Waals surface area contributed by atoms with Crippen molar-refractivity contribution in [1.29, 1.82) is 0 Å². The van der Waals surface area contributed by atoms with E-state index in [4.69, 9.17) is 9.47 Å². The number of carbonyl (C=O) groups is 3. The number of carboxylic acids is 1. The Morgan fingerprint density at radius 2 is 1.82 bits per heavy atom. The Labute approximate surface area is 220 Å². The number of nitrogens with zero attached hydrogens (tertiary/aromatic N) is 2. The smallest absolute Gasteiger partial charge is 0.335 e. The fraction of sp³-hybridized carbons (Fsp3) is 0.172. The topological polar surface area (TPSA) is 118 Å². The molecule has 0 aliphatic carbocycles. The number of carboxylic acid groups (broad SMARTS) is 1. The Hall–Kier alpha value is -4.92. The van der Waals surface area contributed by atoms with E-state index in [2.05, 4.69) is 10.4 Å². The highest BCUT2D eigenvalue weighted by atomic mass is 16.5. The van der Waals surface area contributed by atoms with Crippen molar-refractivity contribution in [2.24, 2.45) is 5.10 Å². The third-order valence-electron chi connectivity index (χ3n) is 5.93. The molecule has 2 N–H and O–H groups in total. The maximum absolute atomic E-state index is 13.1. The van der Waals surface area contributed by atoms with E-state index in [1.807, 2.05) is 37.3 Å². The molecule has 0 unspecified atom stereocenters. The SMILES string of the molecule is COc1cc(/C=C2/C(=O)N(c3cccc(C(=O)O)c3)N=C2C)ccc1OCC(=O)N[C@H](C)c1ccccc1. The van der Waals surface area contributed by atoms with Crippen LogP contribution in [0.15, 0.2) is 83.5 Å². The predicted molar refractivity (Wildman–Crippen MR) is 143 cm³/mol. The van der Waals surface area contributed by atoms with Crippen molar-refractivity contribution in [2.45, 2.75) is 19.9 Å². The number of benzene rings is 3. The molecule has 0 radical (unpaired) electrons. The van der Waals surface area contributed by atoms with Crippen LogP contribution >= 0.6 is 0 Å². The van der Waals surface area contributed by atoms with Gasteiger partial charge in [-0.1, -0.05) is 42.5 Å². The van der Waals surface area contributed by atoms with Gasteiger partial charge >= 0.3 is 5.97 Å². The minimum atomic E-state index is -1.09. The van der Waals surface area contributed by atoms with Crippen LogP contribution in [0, 0.1) is 0 Å². The standard InChI is InChI=1S/C29H27N3O6/c1-18(21-8-5-4-6-9-21)30-27(33)17-38-25-13-12-20(15-26(25)37-3)14-24-19(2)31-32(28(24)34)23-11-7-10-22(16-23)29(35)36/h4-16,18H,17H2,1-3H3,(H,30,33)(H,35,36)/b24-14+/t18-/m1/s1. The number of hydrogen-bond donors (Lipinski definition) is 2. The van der Waals surface area contributed by atoms with Gasteiger partial charge in [-0.15, -0.1) is 0 Å². The molecule has 9 nitrogen and oxygen atoms in total. The molecule has 0 aromatic heterocycles. The van der Waals surface area contributed by atoms with Gasteiger partial charge in [-0.25, -0.2) is 4.79 Å². The van der Waals surface area contributed by atoms with Crippen LogP contribution < -0.4 is 19.8 Å². The van der Waals surface area contributed by atoms with E-state index < -0.39 is 5.97 Å². The first kappa shape index (κ1) is 26.2. The fourth-order valence-corrected chi connectivity index (χ4v) is 3.94. The first-order valence-electron chi connectivity index (χ1n) is 11.9. The fourth-order valence-electron chi connectivity index (χ4n) is 3.94. The zero-order valence-electron chi connectivity index (χ0n) is 21.2. The molecule has 194 valence electrons. The van der Waals surface area contributed by atoms with Gasteiger partial charge in [0, 0.05) is 0 Å². The van der Waals surface area contributed by atoms with Gasteiger partial charge in [-0.05, 0) is 61.4 Å². The molecule has 0 saturated carbocycles. The van der Waals surface area contributed by atoms with Gasteiger partial charge in [-0.3, -0.25) is 9.59 Å². The summed E-state index contributed by atoms with van der Waals surface area (Å²) in [6, 6.07) is 20.6. The van der Waals surface area contributed by atoms with Gasteiger partial charge in [0.2, 0.25) is 0 Å². The first-order chi connectivity index (χ1) is 18.3. The average Bonchev–Trinajstić information content (AvgIpc) is 3.21. The van der Waals surface area contributed by atoms with E-state index in [9.17, 15) is 19.5 Å². The zero-order chi connectivity index (χ0) is 27.2. The number of amides is 2. The van der Waals surface area contributed by atoms with Crippen molar-refractivity contribution >= 4 is 35.3 Å². The largest absolute Gasteiger partial charge is 0.493 e. The zero-order valence-corrected chi connectivity index (χ0v) is 21.2. The summed E-state index contributed by atoms with van der Waals surface area (Å²) in [7, 11) is 1.49. The third kappa shape index (κ3) is 5.89. The molecule has 4 rings (SSSR count). The van der Waals surface area contributed by atoms with E-state index in [1.54, 1.807) is 43.3 Å². The van der Waals surface area contributed by atoms with Crippen molar-refractivity contribution in [3.8, 4) is 11.5 Å². The van der Waals surface area contributed by atoms with Gasteiger partial charge in [-0.2, -0.15) is 10.1 Å². The normalized spacial score (nSPS) is 14.7. The number of aromatic carboxylic acids is 1. The predicted octanol–water partition coefficient (Wildman–Crippen LogP) is 4.46. The molecule has 2 amide bonds. The molecule has 0 spiro atoms. The molecule has 1 aliphatic rings.